The molecule has 1 saturated heterocycles. The van der Waals surface area contributed by atoms with Crippen LogP contribution in [-0.2, 0) is 11.2 Å². The molecule has 3 heteroatoms. The molecule has 3 rings (SSSR count). The molecule has 1 aliphatic heterocycles. The fourth-order valence-electron chi connectivity index (χ4n) is 3.72. The molecule has 2 N–H and O–H groups in total. The third-order valence-corrected chi connectivity index (χ3v) is 5.06. The van der Waals surface area contributed by atoms with Gasteiger partial charge >= 0.3 is 0 Å². The Morgan fingerprint density at radius 3 is 3.05 bits per heavy atom. The van der Waals surface area contributed by atoms with Crippen LogP contribution in [-0.4, -0.2) is 25.5 Å². The van der Waals surface area contributed by atoms with Crippen molar-refractivity contribution in [1.29, 1.82) is 0 Å². The first-order valence-corrected chi connectivity index (χ1v) is 8.24. The maximum atomic E-state index is 12.6. The highest BCUT2D eigenvalue weighted by atomic mass is 16.1. The second-order valence-corrected chi connectivity index (χ2v) is 6.95. The van der Waals surface area contributed by atoms with E-state index in [0.29, 0.717) is 0 Å². The summed E-state index contributed by atoms with van der Waals surface area (Å²) in [7, 11) is 0. The Labute approximate surface area is 127 Å². The Balaban J connectivity index is 1.64. The van der Waals surface area contributed by atoms with Crippen LogP contribution in [0.1, 0.15) is 49.7 Å². The van der Waals surface area contributed by atoms with Crippen LogP contribution in [0.5, 0.6) is 0 Å². The first-order valence-electron chi connectivity index (χ1n) is 8.24. The molecule has 2 aliphatic rings. The van der Waals surface area contributed by atoms with Gasteiger partial charge in [0.25, 0.3) is 0 Å². The van der Waals surface area contributed by atoms with Gasteiger partial charge in [0, 0.05) is 13.1 Å². The maximum Gasteiger partial charge on any atom is 0.227 e. The number of amides is 1. The topological polar surface area (TPSA) is 41.1 Å². The van der Waals surface area contributed by atoms with Crippen LogP contribution in [0.4, 0.5) is 0 Å². The lowest BCUT2D eigenvalue weighted by Gasteiger charge is -2.35. The van der Waals surface area contributed by atoms with Crippen molar-refractivity contribution in [2.45, 2.75) is 44.9 Å². The molecule has 1 aromatic rings. The van der Waals surface area contributed by atoms with E-state index in [2.05, 4.69) is 41.8 Å². The van der Waals surface area contributed by atoms with E-state index in [1.165, 1.54) is 24.0 Å². The second-order valence-electron chi connectivity index (χ2n) is 6.95. The Kier molecular flexibility index (Phi) is 4.29. The lowest BCUT2D eigenvalue weighted by atomic mass is 9.81. The number of hydrogen-bond donors (Lipinski definition) is 2. The van der Waals surface area contributed by atoms with E-state index >= 15 is 0 Å². The number of benzene rings is 1. The number of carbonyl (C=O) groups excluding carboxylic acids is 1. The third kappa shape index (κ3) is 3.29. The van der Waals surface area contributed by atoms with Crippen molar-refractivity contribution in [2.24, 2.45) is 5.41 Å². The molecule has 21 heavy (non-hydrogen) atoms. The average Bonchev–Trinajstić information content (AvgIpc) is 2.53. The predicted octanol–water partition coefficient (Wildman–Crippen LogP) is 2.61. The summed E-state index contributed by atoms with van der Waals surface area (Å²) in [6.45, 7) is 5.18. The number of nitrogens with one attached hydrogen (secondary N) is 2. The van der Waals surface area contributed by atoms with Crippen LogP contribution in [0.2, 0.25) is 0 Å². The largest absolute Gasteiger partial charge is 0.355 e. The highest BCUT2D eigenvalue weighted by Gasteiger charge is 2.30. The Morgan fingerprint density at radius 1 is 1.38 bits per heavy atom. The minimum absolute atomic E-state index is 0.0510. The Morgan fingerprint density at radius 2 is 2.24 bits per heavy atom. The summed E-state index contributed by atoms with van der Waals surface area (Å²) in [5.41, 5.74) is 2.81. The zero-order valence-corrected chi connectivity index (χ0v) is 13.0. The summed E-state index contributed by atoms with van der Waals surface area (Å²) in [5.74, 6) is 0.268. The molecule has 114 valence electrons. The molecular weight excluding hydrogens is 260 g/mol. The molecule has 0 radical (unpaired) electrons. The Hall–Kier alpha value is -1.35. The minimum atomic E-state index is 0.0510. The van der Waals surface area contributed by atoms with Crippen LogP contribution in [0.25, 0.3) is 0 Å². The average molecular weight is 286 g/mol. The van der Waals surface area contributed by atoms with Crippen molar-refractivity contribution >= 4 is 5.91 Å². The van der Waals surface area contributed by atoms with E-state index in [-0.39, 0.29) is 17.2 Å². The van der Waals surface area contributed by atoms with Crippen molar-refractivity contribution in [3.05, 3.63) is 35.4 Å². The maximum absolute atomic E-state index is 12.6. The van der Waals surface area contributed by atoms with E-state index in [1.54, 1.807) is 0 Å². The molecule has 1 fully saturated rings. The molecule has 1 aliphatic carbocycles. The van der Waals surface area contributed by atoms with E-state index < -0.39 is 0 Å². The SMILES string of the molecule is CC1(CNC(=O)C2CCCc3ccccc32)CCCNC1. The first-order chi connectivity index (χ1) is 10.2. The summed E-state index contributed by atoms with van der Waals surface area (Å²) in [6, 6.07) is 8.43. The van der Waals surface area contributed by atoms with Gasteiger partial charge in [-0.1, -0.05) is 31.2 Å². The van der Waals surface area contributed by atoms with Crippen molar-refractivity contribution in [3.8, 4) is 0 Å². The molecule has 1 amide bonds. The number of hydrogen-bond acceptors (Lipinski definition) is 2. The smallest absolute Gasteiger partial charge is 0.227 e. The summed E-state index contributed by atoms with van der Waals surface area (Å²) in [5, 5.41) is 6.67. The van der Waals surface area contributed by atoms with Gasteiger partial charge in [-0.25, -0.2) is 0 Å². The fourth-order valence-corrected chi connectivity index (χ4v) is 3.72. The van der Waals surface area contributed by atoms with Gasteiger partial charge in [-0.05, 0) is 55.2 Å². The standard InChI is InChI=1S/C18H26N2O/c1-18(10-5-11-19-12-18)13-20-17(21)16-9-4-7-14-6-2-3-8-15(14)16/h2-3,6,8,16,19H,4-5,7,9-13H2,1H3,(H,20,21). The molecule has 0 bridgehead atoms. The van der Waals surface area contributed by atoms with Crippen LogP contribution >= 0.6 is 0 Å². The molecule has 0 spiro atoms. The lowest BCUT2D eigenvalue weighted by Crippen LogP contribution is -2.46. The van der Waals surface area contributed by atoms with Crippen LogP contribution in [0.15, 0.2) is 24.3 Å². The molecule has 2 unspecified atom stereocenters. The summed E-state index contributed by atoms with van der Waals surface area (Å²) < 4.78 is 0. The highest BCUT2D eigenvalue weighted by Crippen LogP contribution is 2.32. The number of carbonyl (C=O) groups is 1. The van der Waals surface area contributed by atoms with Gasteiger partial charge < -0.3 is 10.6 Å². The van der Waals surface area contributed by atoms with Gasteiger partial charge in [0.05, 0.1) is 5.92 Å². The number of fused-ring (bicyclic) bond motifs is 1. The summed E-state index contributed by atoms with van der Waals surface area (Å²) in [6.07, 6.45) is 5.62. The number of aryl methyl sites for hydroxylation is 1. The molecule has 0 saturated carbocycles. The zero-order chi connectivity index (χ0) is 14.7. The normalized spacial score (nSPS) is 28.7. The monoisotopic (exact) mass is 286 g/mol. The van der Waals surface area contributed by atoms with E-state index in [9.17, 15) is 4.79 Å². The zero-order valence-electron chi connectivity index (χ0n) is 13.0. The molecule has 3 nitrogen and oxygen atoms in total. The summed E-state index contributed by atoms with van der Waals surface area (Å²) >= 11 is 0. The van der Waals surface area contributed by atoms with Gasteiger partial charge in [-0.3, -0.25) is 4.79 Å². The second kappa shape index (κ2) is 6.18. The first kappa shape index (κ1) is 14.6. The number of rotatable bonds is 3. The van der Waals surface area contributed by atoms with Gasteiger partial charge in [-0.15, -0.1) is 0 Å². The Bertz CT molecular complexity index is 506. The van der Waals surface area contributed by atoms with Crippen molar-refractivity contribution in [3.63, 3.8) is 0 Å². The quantitative estimate of drug-likeness (QED) is 0.897. The van der Waals surface area contributed by atoms with E-state index in [1.807, 2.05) is 0 Å². The van der Waals surface area contributed by atoms with Crippen molar-refractivity contribution in [1.82, 2.24) is 10.6 Å². The predicted molar refractivity (Wildman–Crippen MR) is 85.3 cm³/mol. The summed E-state index contributed by atoms with van der Waals surface area (Å²) in [4.78, 5) is 12.6. The molecular formula is C18H26N2O. The van der Waals surface area contributed by atoms with Crippen molar-refractivity contribution < 1.29 is 4.79 Å². The van der Waals surface area contributed by atoms with E-state index in [4.69, 9.17) is 0 Å². The van der Waals surface area contributed by atoms with Gasteiger partial charge in [-0.2, -0.15) is 0 Å². The number of piperidine rings is 1. The third-order valence-electron chi connectivity index (χ3n) is 5.06. The minimum Gasteiger partial charge on any atom is -0.355 e. The van der Waals surface area contributed by atoms with Crippen LogP contribution in [0, 0.1) is 5.41 Å². The fraction of sp³-hybridized carbons (Fsp3) is 0.611. The van der Waals surface area contributed by atoms with Gasteiger partial charge in [0.1, 0.15) is 0 Å². The van der Waals surface area contributed by atoms with Crippen LogP contribution in [0.3, 0.4) is 0 Å². The molecule has 1 aromatic carbocycles. The highest BCUT2D eigenvalue weighted by molar-refractivity contribution is 5.84. The van der Waals surface area contributed by atoms with Gasteiger partial charge in [0.15, 0.2) is 0 Å². The van der Waals surface area contributed by atoms with Gasteiger partial charge in [0.2, 0.25) is 5.91 Å². The van der Waals surface area contributed by atoms with E-state index in [0.717, 1.165) is 38.9 Å². The molecule has 1 heterocycles. The molecule has 0 aromatic heterocycles. The van der Waals surface area contributed by atoms with Crippen LogP contribution < -0.4 is 10.6 Å². The molecule has 2 atom stereocenters. The van der Waals surface area contributed by atoms with Crippen molar-refractivity contribution in [2.75, 3.05) is 19.6 Å². The lowest BCUT2D eigenvalue weighted by molar-refractivity contribution is -0.123.